The molecule has 2 N–H and O–H groups in total. The first kappa shape index (κ1) is 13.5. The third-order valence-corrected chi connectivity index (χ3v) is 3.32. The number of ether oxygens (including phenoxy) is 2. The van der Waals surface area contributed by atoms with Crippen LogP contribution in [0.3, 0.4) is 0 Å². The summed E-state index contributed by atoms with van der Waals surface area (Å²) in [4.78, 5) is 0.429. The lowest BCUT2D eigenvalue weighted by atomic mass is 10.1. The molecule has 2 rings (SSSR count). The highest BCUT2D eigenvalue weighted by Crippen LogP contribution is 2.13. The van der Waals surface area contributed by atoms with Crippen LogP contribution >= 0.6 is 12.2 Å². The van der Waals surface area contributed by atoms with Gasteiger partial charge in [-0.25, -0.2) is 0 Å². The van der Waals surface area contributed by atoms with Crippen LogP contribution in [0.4, 0.5) is 0 Å². The van der Waals surface area contributed by atoms with Crippen LogP contribution in [0, 0.1) is 0 Å². The summed E-state index contributed by atoms with van der Waals surface area (Å²) in [5.41, 5.74) is 7.57. The Morgan fingerprint density at radius 2 is 2.11 bits per heavy atom. The first-order chi connectivity index (χ1) is 8.75. The summed E-state index contributed by atoms with van der Waals surface area (Å²) in [6.07, 6.45) is 3.81. The molecule has 0 aromatic heterocycles. The Kier molecular flexibility index (Phi) is 5.11. The lowest BCUT2D eigenvalue weighted by Crippen LogP contribution is -2.24. The topological polar surface area (TPSA) is 44.5 Å². The molecule has 0 saturated carbocycles. The van der Waals surface area contributed by atoms with Crippen molar-refractivity contribution in [2.24, 2.45) is 5.73 Å². The highest BCUT2D eigenvalue weighted by atomic mass is 32.1. The van der Waals surface area contributed by atoms with Crippen LogP contribution in [0.25, 0.3) is 0 Å². The Morgan fingerprint density at radius 3 is 2.72 bits per heavy atom. The molecule has 98 valence electrons. The SMILES string of the molecule is NC(=S)c1ccc(COCC2CCCCO2)cc1. The molecule has 1 fully saturated rings. The van der Waals surface area contributed by atoms with Gasteiger partial charge in [-0.15, -0.1) is 0 Å². The second-order valence-corrected chi connectivity index (χ2v) is 5.00. The zero-order valence-electron chi connectivity index (χ0n) is 10.4. The van der Waals surface area contributed by atoms with Crippen molar-refractivity contribution >= 4 is 17.2 Å². The van der Waals surface area contributed by atoms with E-state index in [1.54, 1.807) is 0 Å². The van der Waals surface area contributed by atoms with Gasteiger partial charge in [-0.1, -0.05) is 36.5 Å². The van der Waals surface area contributed by atoms with E-state index >= 15 is 0 Å². The van der Waals surface area contributed by atoms with E-state index in [1.165, 1.54) is 12.8 Å². The van der Waals surface area contributed by atoms with Crippen LogP contribution < -0.4 is 5.73 Å². The van der Waals surface area contributed by atoms with Gasteiger partial charge in [-0.3, -0.25) is 0 Å². The van der Waals surface area contributed by atoms with Gasteiger partial charge in [-0.2, -0.15) is 0 Å². The second-order valence-electron chi connectivity index (χ2n) is 4.56. The Balaban J connectivity index is 1.74. The number of nitrogens with two attached hydrogens (primary N) is 1. The Hall–Kier alpha value is -0.970. The number of hydrogen-bond acceptors (Lipinski definition) is 3. The summed E-state index contributed by atoms with van der Waals surface area (Å²) in [7, 11) is 0. The van der Waals surface area contributed by atoms with Crippen LogP contribution in [0.5, 0.6) is 0 Å². The largest absolute Gasteiger partial charge is 0.389 e. The van der Waals surface area contributed by atoms with Crippen LogP contribution in [0.1, 0.15) is 30.4 Å². The molecule has 4 heteroatoms. The van der Waals surface area contributed by atoms with Crippen molar-refractivity contribution in [3.8, 4) is 0 Å². The predicted octanol–water partition coefficient (Wildman–Crippen LogP) is 2.41. The molecule has 1 aromatic rings. The maximum absolute atomic E-state index is 5.67. The van der Waals surface area contributed by atoms with E-state index in [1.807, 2.05) is 24.3 Å². The predicted molar refractivity (Wildman–Crippen MR) is 75.6 cm³/mol. The van der Waals surface area contributed by atoms with E-state index in [2.05, 4.69) is 0 Å². The van der Waals surface area contributed by atoms with Crippen molar-refractivity contribution in [2.45, 2.75) is 32.0 Å². The van der Waals surface area contributed by atoms with Crippen molar-refractivity contribution < 1.29 is 9.47 Å². The van der Waals surface area contributed by atoms with Crippen molar-refractivity contribution in [3.63, 3.8) is 0 Å². The normalized spacial score (nSPS) is 19.7. The molecule has 1 atom stereocenters. The highest BCUT2D eigenvalue weighted by molar-refractivity contribution is 7.80. The summed E-state index contributed by atoms with van der Waals surface area (Å²) < 4.78 is 11.3. The average Bonchev–Trinajstić information content (AvgIpc) is 2.40. The molecule has 1 aliphatic rings. The number of thiocarbonyl (C=S) groups is 1. The van der Waals surface area contributed by atoms with Crippen molar-refractivity contribution in [1.29, 1.82) is 0 Å². The first-order valence-electron chi connectivity index (χ1n) is 6.34. The third kappa shape index (κ3) is 4.05. The minimum atomic E-state index is 0.273. The van der Waals surface area contributed by atoms with E-state index < -0.39 is 0 Å². The molecule has 1 saturated heterocycles. The van der Waals surface area contributed by atoms with Gasteiger partial charge >= 0.3 is 0 Å². The summed E-state index contributed by atoms with van der Waals surface area (Å²) in [6.45, 7) is 2.16. The molecule has 0 amide bonds. The fourth-order valence-corrected chi connectivity index (χ4v) is 2.15. The summed E-state index contributed by atoms with van der Waals surface area (Å²) >= 11 is 4.91. The third-order valence-electron chi connectivity index (χ3n) is 3.08. The fourth-order valence-electron chi connectivity index (χ4n) is 2.01. The molecule has 0 bridgehead atoms. The van der Waals surface area contributed by atoms with E-state index in [0.717, 1.165) is 24.2 Å². The van der Waals surface area contributed by atoms with Gasteiger partial charge < -0.3 is 15.2 Å². The molecule has 1 heterocycles. The van der Waals surface area contributed by atoms with Gasteiger partial charge in [0.25, 0.3) is 0 Å². The Morgan fingerprint density at radius 1 is 1.33 bits per heavy atom. The monoisotopic (exact) mass is 265 g/mol. The minimum absolute atomic E-state index is 0.273. The van der Waals surface area contributed by atoms with Gasteiger partial charge in [0, 0.05) is 12.2 Å². The molecule has 3 nitrogen and oxygen atoms in total. The summed E-state index contributed by atoms with van der Waals surface area (Å²) in [6, 6.07) is 7.85. The van der Waals surface area contributed by atoms with Gasteiger partial charge in [0.05, 0.1) is 19.3 Å². The van der Waals surface area contributed by atoms with E-state index in [4.69, 9.17) is 27.4 Å². The van der Waals surface area contributed by atoms with Gasteiger partial charge in [0.1, 0.15) is 4.99 Å². The van der Waals surface area contributed by atoms with Crippen molar-refractivity contribution in [1.82, 2.24) is 0 Å². The molecule has 1 unspecified atom stereocenters. The number of rotatable bonds is 5. The molecular formula is C14H19NO2S. The van der Waals surface area contributed by atoms with Gasteiger partial charge in [-0.05, 0) is 24.8 Å². The first-order valence-corrected chi connectivity index (χ1v) is 6.74. The smallest absolute Gasteiger partial charge is 0.103 e. The lowest BCUT2D eigenvalue weighted by Gasteiger charge is -2.22. The molecule has 18 heavy (non-hydrogen) atoms. The van der Waals surface area contributed by atoms with Crippen LogP contribution in [-0.4, -0.2) is 24.3 Å². The zero-order valence-corrected chi connectivity index (χ0v) is 11.2. The molecule has 0 spiro atoms. The Labute approximate surface area is 113 Å². The van der Waals surface area contributed by atoms with Crippen LogP contribution in [0.2, 0.25) is 0 Å². The van der Waals surface area contributed by atoms with Crippen LogP contribution in [-0.2, 0) is 16.1 Å². The van der Waals surface area contributed by atoms with Gasteiger partial charge in [0.15, 0.2) is 0 Å². The van der Waals surface area contributed by atoms with Crippen LogP contribution in [0.15, 0.2) is 24.3 Å². The van der Waals surface area contributed by atoms with Crippen molar-refractivity contribution in [2.75, 3.05) is 13.2 Å². The standard InChI is InChI=1S/C14H19NO2S/c15-14(18)12-6-4-11(5-7-12)9-16-10-13-3-1-2-8-17-13/h4-7,13H,1-3,8-10H2,(H2,15,18). The maximum atomic E-state index is 5.67. The lowest BCUT2D eigenvalue weighted by molar-refractivity contribution is -0.0447. The molecule has 0 aliphatic carbocycles. The molecular weight excluding hydrogens is 246 g/mol. The number of hydrogen-bond donors (Lipinski definition) is 1. The molecule has 1 aliphatic heterocycles. The molecule has 0 radical (unpaired) electrons. The maximum Gasteiger partial charge on any atom is 0.103 e. The molecule has 1 aromatic carbocycles. The average molecular weight is 265 g/mol. The van der Waals surface area contributed by atoms with E-state index in [9.17, 15) is 0 Å². The summed E-state index contributed by atoms with van der Waals surface area (Å²) in [5, 5.41) is 0. The van der Waals surface area contributed by atoms with E-state index in [-0.39, 0.29) is 6.10 Å². The van der Waals surface area contributed by atoms with Crippen molar-refractivity contribution in [3.05, 3.63) is 35.4 Å². The highest BCUT2D eigenvalue weighted by Gasteiger charge is 2.13. The quantitative estimate of drug-likeness (QED) is 0.830. The van der Waals surface area contributed by atoms with E-state index in [0.29, 0.717) is 18.2 Å². The summed E-state index contributed by atoms with van der Waals surface area (Å²) in [5.74, 6) is 0. The second kappa shape index (κ2) is 6.83. The Bertz CT molecular complexity index is 385. The zero-order chi connectivity index (χ0) is 12.8. The van der Waals surface area contributed by atoms with Gasteiger partial charge in [0.2, 0.25) is 0 Å². The minimum Gasteiger partial charge on any atom is -0.389 e. The fraction of sp³-hybridized carbons (Fsp3) is 0.500. The number of benzene rings is 1.